The van der Waals surface area contributed by atoms with Gasteiger partial charge in [0.05, 0.1) is 13.2 Å². The van der Waals surface area contributed by atoms with Crippen molar-refractivity contribution in [3.8, 4) is 0 Å². The third-order valence-corrected chi connectivity index (χ3v) is 3.07. The van der Waals surface area contributed by atoms with Crippen molar-refractivity contribution in [2.75, 3.05) is 26.3 Å². The molecule has 2 unspecified atom stereocenters. The minimum Gasteiger partial charge on any atom is -0.442 e. The van der Waals surface area contributed by atoms with Gasteiger partial charge in [-0.2, -0.15) is 0 Å². The van der Waals surface area contributed by atoms with E-state index in [0.29, 0.717) is 19.2 Å². The molecule has 5 nitrogen and oxygen atoms in total. The Morgan fingerprint density at radius 3 is 3.06 bits per heavy atom. The molecule has 2 aliphatic rings. The number of hydrogen-bond donors (Lipinski definition) is 2. The molecular weight excluding hydrogens is 208 g/mol. The normalized spacial score (nSPS) is 29.9. The number of rotatable bonds is 5. The Kier molecular flexibility index (Phi) is 4.42. The van der Waals surface area contributed by atoms with Crippen molar-refractivity contribution < 1.29 is 14.3 Å². The third kappa shape index (κ3) is 3.64. The lowest BCUT2D eigenvalue weighted by Crippen LogP contribution is -2.35. The molecule has 2 fully saturated rings. The smallest absolute Gasteiger partial charge is 0.407 e. The van der Waals surface area contributed by atoms with Crippen molar-refractivity contribution in [3.63, 3.8) is 0 Å². The number of hydrogen-bond acceptors (Lipinski definition) is 4. The summed E-state index contributed by atoms with van der Waals surface area (Å²) in [6, 6.07) is 0.609. The zero-order valence-corrected chi connectivity index (χ0v) is 9.54. The lowest BCUT2D eigenvalue weighted by atomic mass is 10.0. The van der Waals surface area contributed by atoms with Gasteiger partial charge >= 0.3 is 6.09 Å². The second kappa shape index (κ2) is 6.06. The van der Waals surface area contributed by atoms with E-state index in [2.05, 4.69) is 10.6 Å². The minimum atomic E-state index is -0.331. The fraction of sp³-hybridized carbons (Fsp3) is 0.909. The predicted molar refractivity (Wildman–Crippen MR) is 59.3 cm³/mol. The van der Waals surface area contributed by atoms with Gasteiger partial charge < -0.3 is 20.1 Å². The minimum absolute atomic E-state index is 0.105. The van der Waals surface area contributed by atoms with Crippen LogP contribution >= 0.6 is 0 Å². The number of cyclic esters (lactones) is 1. The highest BCUT2D eigenvalue weighted by Gasteiger charge is 2.22. The van der Waals surface area contributed by atoms with E-state index < -0.39 is 0 Å². The monoisotopic (exact) mass is 228 g/mol. The van der Waals surface area contributed by atoms with Gasteiger partial charge in [-0.15, -0.1) is 0 Å². The number of piperidine rings is 1. The molecule has 2 N–H and O–H groups in total. The lowest BCUT2D eigenvalue weighted by molar-refractivity contribution is 0.0414. The number of ether oxygens (including phenoxy) is 2. The standard InChI is InChI=1S/C11H20N2O3/c14-11-13-7-10(16-11)8-15-6-4-9-3-1-2-5-12-9/h9-10,12H,1-8H2,(H,13,14). The average molecular weight is 228 g/mol. The summed E-state index contributed by atoms with van der Waals surface area (Å²) in [5, 5.41) is 6.08. The zero-order chi connectivity index (χ0) is 11.2. The quantitative estimate of drug-likeness (QED) is 0.678. The number of carbonyl (C=O) groups is 1. The van der Waals surface area contributed by atoms with E-state index in [9.17, 15) is 4.79 Å². The molecule has 0 saturated carbocycles. The van der Waals surface area contributed by atoms with E-state index in [1.165, 1.54) is 19.3 Å². The van der Waals surface area contributed by atoms with Gasteiger partial charge in [-0.1, -0.05) is 6.42 Å². The summed E-state index contributed by atoms with van der Waals surface area (Å²) in [4.78, 5) is 10.7. The number of carbonyl (C=O) groups excluding carboxylic acids is 1. The van der Waals surface area contributed by atoms with Crippen LogP contribution in [0.1, 0.15) is 25.7 Å². The maximum Gasteiger partial charge on any atom is 0.407 e. The molecule has 1 amide bonds. The predicted octanol–water partition coefficient (Wildman–Crippen LogP) is 0.644. The number of alkyl carbamates (subject to hydrolysis) is 1. The molecule has 0 radical (unpaired) electrons. The Morgan fingerprint density at radius 1 is 1.44 bits per heavy atom. The molecule has 92 valence electrons. The van der Waals surface area contributed by atoms with Crippen molar-refractivity contribution >= 4 is 6.09 Å². The topological polar surface area (TPSA) is 59.6 Å². The van der Waals surface area contributed by atoms with Crippen LogP contribution in [0.3, 0.4) is 0 Å². The molecule has 0 bridgehead atoms. The van der Waals surface area contributed by atoms with Crippen LogP contribution in [0.2, 0.25) is 0 Å². The van der Waals surface area contributed by atoms with Crippen LogP contribution in [0.4, 0.5) is 4.79 Å². The van der Waals surface area contributed by atoms with E-state index in [1.54, 1.807) is 0 Å². The van der Waals surface area contributed by atoms with E-state index in [-0.39, 0.29) is 12.2 Å². The van der Waals surface area contributed by atoms with Crippen LogP contribution in [-0.2, 0) is 9.47 Å². The molecule has 2 atom stereocenters. The van der Waals surface area contributed by atoms with Crippen LogP contribution < -0.4 is 10.6 Å². The van der Waals surface area contributed by atoms with Crippen molar-refractivity contribution in [1.29, 1.82) is 0 Å². The molecule has 2 rings (SSSR count). The van der Waals surface area contributed by atoms with Crippen molar-refractivity contribution in [2.24, 2.45) is 0 Å². The molecule has 0 spiro atoms. The van der Waals surface area contributed by atoms with E-state index >= 15 is 0 Å². The van der Waals surface area contributed by atoms with Crippen LogP contribution in [0, 0.1) is 0 Å². The Morgan fingerprint density at radius 2 is 2.38 bits per heavy atom. The van der Waals surface area contributed by atoms with Gasteiger partial charge in [0.25, 0.3) is 0 Å². The largest absolute Gasteiger partial charge is 0.442 e. The fourth-order valence-electron chi connectivity index (χ4n) is 2.14. The Labute approximate surface area is 95.9 Å². The zero-order valence-electron chi connectivity index (χ0n) is 9.54. The Balaban J connectivity index is 1.49. The second-order valence-corrected chi connectivity index (χ2v) is 4.42. The summed E-state index contributed by atoms with van der Waals surface area (Å²) in [6.45, 7) is 2.95. The van der Waals surface area contributed by atoms with Gasteiger partial charge in [0.15, 0.2) is 0 Å². The molecular formula is C11H20N2O3. The summed E-state index contributed by atoms with van der Waals surface area (Å²) in [6.07, 6.45) is 4.48. The highest BCUT2D eigenvalue weighted by Crippen LogP contribution is 2.10. The van der Waals surface area contributed by atoms with Crippen LogP contribution in [0.5, 0.6) is 0 Å². The van der Waals surface area contributed by atoms with E-state index in [0.717, 1.165) is 19.6 Å². The first-order chi connectivity index (χ1) is 7.84. The SMILES string of the molecule is O=C1NCC(COCCC2CCCCN2)O1. The summed E-state index contributed by atoms with van der Waals surface area (Å²) in [5.74, 6) is 0. The average Bonchev–Trinajstić information content (AvgIpc) is 2.72. The van der Waals surface area contributed by atoms with Crippen LogP contribution in [-0.4, -0.2) is 44.5 Å². The van der Waals surface area contributed by atoms with Gasteiger partial charge in [-0.25, -0.2) is 4.79 Å². The highest BCUT2D eigenvalue weighted by atomic mass is 16.6. The number of nitrogens with one attached hydrogen (secondary N) is 2. The first-order valence-corrected chi connectivity index (χ1v) is 6.10. The van der Waals surface area contributed by atoms with Gasteiger partial charge in [0.1, 0.15) is 6.10 Å². The van der Waals surface area contributed by atoms with Crippen molar-refractivity contribution in [2.45, 2.75) is 37.8 Å². The first kappa shape index (κ1) is 11.7. The molecule has 0 aromatic rings. The van der Waals surface area contributed by atoms with Crippen molar-refractivity contribution in [1.82, 2.24) is 10.6 Å². The summed E-state index contributed by atoms with van der Waals surface area (Å²) >= 11 is 0. The van der Waals surface area contributed by atoms with Gasteiger partial charge in [0.2, 0.25) is 0 Å². The van der Waals surface area contributed by atoms with Crippen LogP contribution in [0.15, 0.2) is 0 Å². The molecule has 0 aromatic carbocycles. The molecule has 2 aliphatic heterocycles. The summed E-state index contributed by atoms with van der Waals surface area (Å²) in [5.41, 5.74) is 0. The highest BCUT2D eigenvalue weighted by molar-refractivity contribution is 5.69. The lowest BCUT2D eigenvalue weighted by Gasteiger charge is -2.23. The van der Waals surface area contributed by atoms with Crippen LogP contribution in [0.25, 0.3) is 0 Å². The third-order valence-electron chi connectivity index (χ3n) is 3.07. The van der Waals surface area contributed by atoms with Gasteiger partial charge in [-0.3, -0.25) is 0 Å². The summed E-state index contributed by atoms with van der Waals surface area (Å²) in [7, 11) is 0. The molecule has 2 saturated heterocycles. The maximum atomic E-state index is 10.7. The maximum absolute atomic E-state index is 10.7. The molecule has 0 aliphatic carbocycles. The van der Waals surface area contributed by atoms with Gasteiger partial charge in [0, 0.05) is 12.6 Å². The molecule has 2 heterocycles. The first-order valence-electron chi connectivity index (χ1n) is 6.10. The molecule has 16 heavy (non-hydrogen) atoms. The number of amides is 1. The van der Waals surface area contributed by atoms with Crippen molar-refractivity contribution in [3.05, 3.63) is 0 Å². The van der Waals surface area contributed by atoms with Gasteiger partial charge in [-0.05, 0) is 25.8 Å². The fourth-order valence-corrected chi connectivity index (χ4v) is 2.14. The molecule has 0 aromatic heterocycles. The second-order valence-electron chi connectivity index (χ2n) is 4.42. The molecule has 5 heteroatoms. The Bertz CT molecular complexity index is 229. The Hall–Kier alpha value is -0.810. The summed E-state index contributed by atoms with van der Waals surface area (Å²) < 4.78 is 10.5. The van der Waals surface area contributed by atoms with E-state index in [4.69, 9.17) is 9.47 Å². The van der Waals surface area contributed by atoms with E-state index in [1.807, 2.05) is 0 Å².